The Labute approximate surface area is 289 Å². The minimum Gasteiger partial charge on any atom is -0.496 e. The normalized spacial score (nSPS) is 18.3. The van der Waals surface area contributed by atoms with Gasteiger partial charge >= 0.3 is 12.2 Å². The number of benzene rings is 2. The molecule has 2 aliphatic rings. The predicted octanol–water partition coefficient (Wildman–Crippen LogP) is 6.67. The zero-order valence-corrected chi connectivity index (χ0v) is 28.7. The number of rotatable bonds is 7. The summed E-state index contributed by atoms with van der Waals surface area (Å²) in [6.45, 7) is 6.53. The molecule has 2 atom stereocenters. The molecule has 0 radical (unpaired) electrons. The Morgan fingerprint density at radius 3 is 2.20 bits per heavy atom. The third-order valence-electron chi connectivity index (χ3n) is 8.13. The molecule has 5 rings (SSSR count). The van der Waals surface area contributed by atoms with E-state index in [1.807, 2.05) is 32.1 Å². The Balaban J connectivity index is 0.00000265. The van der Waals surface area contributed by atoms with Gasteiger partial charge in [0.25, 0.3) is 5.91 Å². The number of hydrogen-bond donors (Lipinski definition) is 2. The summed E-state index contributed by atoms with van der Waals surface area (Å²) in [7, 11) is 1.27. The molecule has 2 unspecified atom stereocenters. The molecule has 260 valence electrons. The average molecular weight is 696 g/mol. The van der Waals surface area contributed by atoms with Crippen molar-refractivity contribution in [1.29, 1.82) is 0 Å². The number of thiol groups is 1. The summed E-state index contributed by atoms with van der Waals surface area (Å²) in [5.74, 6) is -0.131. The van der Waals surface area contributed by atoms with Crippen molar-refractivity contribution in [2.45, 2.75) is 43.9 Å². The zero-order valence-electron chi connectivity index (χ0n) is 27.8. The molecule has 3 amide bonds. The van der Waals surface area contributed by atoms with Crippen molar-refractivity contribution >= 4 is 30.4 Å². The zero-order chi connectivity index (χ0) is 35.7. The molecular formula is C36H40F3N5O4S. The summed E-state index contributed by atoms with van der Waals surface area (Å²) < 4.78 is 46.5. The largest absolute Gasteiger partial charge is 0.496 e. The molecule has 1 aromatic heterocycles. The van der Waals surface area contributed by atoms with Crippen LogP contribution in [0.5, 0.6) is 5.75 Å². The van der Waals surface area contributed by atoms with Crippen LogP contribution < -0.4 is 4.74 Å². The fraction of sp³-hybridized carbons (Fsp3) is 0.333. The van der Waals surface area contributed by atoms with Crippen LogP contribution in [-0.4, -0.2) is 88.5 Å². The maximum atomic E-state index is 14.6. The van der Waals surface area contributed by atoms with Gasteiger partial charge < -0.3 is 19.6 Å². The minimum atomic E-state index is -4.61. The van der Waals surface area contributed by atoms with Gasteiger partial charge in [-0.1, -0.05) is 44.2 Å². The smallest absolute Gasteiger partial charge is 0.416 e. The summed E-state index contributed by atoms with van der Waals surface area (Å²) in [6.07, 6.45) is 3.54. The highest BCUT2D eigenvalue weighted by molar-refractivity contribution is 7.80. The van der Waals surface area contributed by atoms with Gasteiger partial charge in [-0.05, 0) is 60.5 Å². The number of ether oxygens (including phenoxy) is 1. The number of halogens is 3. The molecular weight excluding hydrogens is 655 g/mol. The molecule has 1 N–H and O–H groups in total. The fourth-order valence-electron chi connectivity index (χ4n) is 5.74. The predicted molar refractivity (Wildman–Crippen MR) is 185 cm³/mol. The number of aromatic nitrogens is 1. The molecule has 49 heavy (non-hydrogen) atoms. The molecule has 0 aliphatic carbocycles. The van der Waals surface area contributed by atoms with Crippen LogP contribution >= 0.6 is 12.6 Å². The van der Waals surface area contributed by atoms with Crippen molar-refractivity contribution < 1.29 is 32.6 Å². The highest BCUT2D eigenvalue weighted by Crippen LogP contribution is 2.41. The fourth-order valence-corrected chi connectivity index (χ4v) is 5.89. The first-order valence-electron chi connectivity index (χ1n) is 15.9. The SMILES string of the molecule is C/C=C(\C=C/CO)C1C(c2ccc(S)cc2)N=C(c2ccc(C(F)(F)F)cc2OC)N1C(=O)N1CCN(C(=O)c2ccncc2)CC1.CC. The van der Waals surface area contributed by atoms with Crippen LogP contribution in [0.4, 0.5) is 18.0 Å². The van der Waals surface area contributed by atoms with Gasteiger partial charge in [0.1, 0.15) is 17.6 Å². The number of allylic oxidation sites excluding steroid dienone is 1. The lowest BCUT2D eigenvalue weighted by Crippen LogP contribution is -2.56. The van der Waals surface area contributed by atoms with Gasteiger partial charge in [0, 0.05) is 49.0 Å². The van der Waals surface area contributed by atoms with E-state index in [4.69, 9.17) is 9.73 Å². The van der Waals surface area contributed by atoms with Crippen molar-refractivity contribution in [3.8, 4) is 5.75 Å². The van der Waals surface area contributed by atoms with Gasteiger partial charge in [0.15, 0.2) is 0 Å². The van der Waals surface area contributed by atoms with E-state index in [0.717, 1.165) is 22.6 Å². The molecule has 0 bridgehead atoms. The highest BCUT2D eigenvalue weighted by Gasteiger charge is 2.45. The number of carbonyl (C=O) groups excluding carboxylic acids is 2. The molecule has 13 heteroatoms. The number of methoxy groups -OCH3 is 1. The quantitative estimate of drug-likeness (QED) is 0.213. The van der Waals surface area contributed by atoms with Crippen molar-refractivity contribution in [3.05, 3.63) is 113 Å². The second-order valence-electron chi connectivity index (χ2n) is 10.9. The minimum absolute atomic E-state index is 0.0952. The van der Waals surface area contributed by atoms with Crippen LogP contribution in [-0.2, 0) is 6.18 Å². The number of alkyl halides is 3. The topological polar surface area (TPSA) is 98.6 Å². The molecule has 3 aromatic rings. The van der Waals surface area contributed by atoms with Crippen LogP contribution in [0.2, 0.25) is 0 Å². The van der Waals surface area contributed by atoms with E-state index >= 15 is 0 Å². The Morgan fingerprint density at radius 1 is 1.00 bits per heavy atom. The molecule has 9 nitrogen and oxygen atoms in total. The first-order chi connectivity index (χ1) is 23.6. The van der Waals surface area contributed by atoms with Gasteiger partial charge in [0.2, 0.25) is 0 Å². The van der Waals surface area contributed by atoms with Gasteiger partial charge in [0.05, 0.1) is 30.9 Å². The monoisotopic (exact) mass is 695 g/mol. The molecule has 2 aliphatic heterocycles. The van der Waals surface area contributed by atoms with Crippen LogP contribution in [0.25, 0.3) is 0 Å². The average Bonchev–Trinajstić information content (AvgIpc) is 3.52. The van der Waals surface area contributed by atoms with E-state index in [1.54, 1.807) is 65.5 Å². The van der Waals surface area contributed by atoms with E-state index < -0.39 is 29.9 Å². The van der Waals surface area contributed by atoms with Gasteiger partial charge in [-0.25, -0.2) is 4.79 Å². The van der Waals surface area contributed by atoms with Crippen LogP contribution in [0.1, 0.15) is 53.9 Å². The van der Waals surface area contributed by atoms with Gasteiger partial charge in [-0.3, -0.25) is 19.7 Å². The number of nitrogens with zero attached hydrogens (tertiary/aromatic N) is 5. The Hall–Kier alpha value is -4.62. The van der Waals surface area contributed by atoms with Gasteiger partial charge in [-0.15, -0.1) is 12.6 Å². The second kappa shape index (κ2) is 16.7. The molecule has 1 saturated heterocycles. The number of aliphatic hydroxyl groups is 1. The van der Waals surface area contributed by atoms with Crippen molar-refractivity contribution in [2.75, 3.05) is 39.9 Å². The summed E-state index contributed by atoms with van der Waals surface area (Å²) in [4.78, 5) is 42.1. The van der Waals surface area contributed by atoms with Crippen molar-refractivity contribution in [3.63, 3.8) is 0 Å². The lowest BCUT2D eigenvalue weighted by molar-refractivity contribution is -0.137. The Morgan fingerprint density at radius 2 is 1.63 bits per heavy atom. The van der Waals surface area contributed by atoms with Crippen molar-refractivity contribution in [1.82, 2.24) is 19.7 Å². The first-order valence-corrected chi connectivity index (χ1v) is 16.4. The number of pyridine rings is 1. The van der Waals surface area contributed by atoms with E-state index in [1.165, 1.54) is 18.1 Å². The number of piperazine rings is 1. The number of hydrogen-bond acceptors (Lipinski definition) is 7. The molecule has 1 fully saturated rings. The third kappa shape index (κ3) is 8.34. The highest BCUT2D eigenvalue weighted by atomic mass is 32.1. The Bertz CT molecular complexity index is 1690. The Kier molecular flexibility index (Phi) is 12.7. The second-order valence-corrected chi connectivity index (χ2v) is 11.4. The van der Waals surface area contributed by atoms with Crippen LogP contribution in [0.15, 0.2) is 101 Å². The van der Waals surface area contributed by atoms with E-state index in [-0.39, 0.29) is 55.8 Å². The summed E-state index contributed by atoms with van der Waals surface area (Å²) in [6, 6.07) is 11.8. The maximum Gasteiger partial charge on any atom is 0.416 e. The number of carbonyl (C=O) groups is 2. The molecule has 2 aromatic carbocycles. The lowest BCUT2D eigenvalue weighted by Gasteiger charge is -2.39. The molecule has 0 spiro atoms. The van der Waals surface area contributed by atoms with Crippen LogP contribution in [0, 0.1) is 0 Å². The van der Waals surface area contributed by atoms with Gasteiger partial charge in [-0.2, -0.15) is 13.2 Å². The lowest BCUT2D eigenvalue weighted by atomic mass is 9.93. The number of aliphatic imine (C=N–C) groups is 1. The van der Waals surface area contributed by atoms with Crippen LogP contribution in [0.3, 0.4) is 0 Å². The molecule has 0 saturated carbocycles. The third-order valence-corrected chi connectivity index (χ3v) is 8.43. The first kappa shape index (κ1) is 37.2. The van der Waals surface area contributed by atoms with E-state index in [0.29, 0.717) is 11.1 Å². The van der Waals surface area contributed by atoms with Crippen molar-refractivity contribution in [2.24, 2.45) is 4.99 Å². The maximum absolute atomic E-state index is 14.6. The number of urea groups is 1. The summed E-state index contributed by atoms with van der Waals surface area (Å²) in [5.41, 5.74) is 1.20. The number of amides is 3. The van der Waals surface area contributed by atoms with E-state index in [2.05, 4.69) is 17.6 Å². The summed E-state index contributed by atoms with van der Waals surface area (Å²) in [5, 5.41) is 9.60. The number of aliphatic hydroxyl groups excluding tert-OH is 1. The number of amidine groups is 1. The standard InChI is InChI=1S/C34H34F3N5O4S.C2H6/c1-3-22(5-4-20-43)30-29(23-6-9-26(47)10-7-23)39-31(27-11-8-25(34(35,36)37)21-28(27)46-2)42(30)33(45)41-18-16-40(17-19-41)32(44)24-12-14-38-15-13-24;1-2/h3-15,21,29-30,43,47H,16-20H2,1-2H3;1-2H3/b5-4-,22-3+;. The van der Waals surface area contributed by atoms with E-state index in [9.17, 15) is 27.9 Å². The summed E-state index contributed by atoms with van der Waals surface area (Å²) >= 11 is 4.40. The molecule has 3 heterocycles.